The summed E-state index contributed by atoms with van der Waals surface area (Å²) in [5.41, 5.74) is -0.320. The van der Waals surface area contributed by atoms with E-state index in [0.717, 1.165) is 36.1 Å². The van der Waals surface area contributed by atoms with Crippen LogP contribution in [0.1, 0.15) is 57.9 Å². The zero-order chi connectivity index (χ0) is 19.4. The Morgan fingerprint density at radius 1 is 1.22 bits per heavy atom. The van der Waals surface area contributed by atoms with Crippen LogP contribution in [-0.2, 0) is 15.1 Å². The van der Waals surface area contributed by atoms with E-state index >= 15 is 0 Å². The quantitative estimate of drug-likeness (QED) is 0.755. The Bertz CT molecular complexity index is 706. The van der Waals surface area contributed by atoms with Crippen LogP contribution in [0.4, 0.5) is 4.79 Å². The molecular formula is C21H29N3O3. The number of urea groups is 1. The molecule has 2 N–H and O–H groups in total. The number of amides is 4. The first kappa shape index (κ1) is 19.4. The summed E-state index contributed by atoms with van der Waals surface area (Å²) in [6.07, 6.45) is 5.58. The first-order valence-electron chi connectivity index (χ1n) is 9.97. The molecular weight excluding hydrogens is 342 g/mol. The lowest BCUT2D eigenvalue weighted by Crippen LogP contribution is -2.48. The van der Waals surface area contributed by atoms with Gasteiger partial charge >= 0.3 is 6.03 Å². The van der Waals surface area contributed by atoms with E-state index < -0.39 is 11.6 Å². The van der Waals surface area contributed by atoms with Crippen LogP contribution < -0.4 is 10.6 Å². The van der Waals surface area contributed by atoms with Gasteiger partial charge in [0, 0.05) is 6.04 Å². The van der Waals surface area contributed by atoms with Gasteiger partial charge in [-0.2, -0.15) is 0 Å². The molecule has 6 nitrogen and oxygen atoms in total. The second-order valence-electron chi connectivity index (χ2n) is 7.78. The summed E-state index contributed by atoms with van der Waals surface area (Å²) in [7, 11) is 0. The molecule has 1 aromatic rings. The van der Waals surface area contributed by atoms with Crippen molar-refractivity contribution in [2.24, 2.45) is 5.92 Å². The highest BCUT2D eigenvalue weighted by atomic mass is 16.2. The van der Waals surface area contributed by atoms with E-state index in [2.05, 4.69) is 17.6 Å². The normalized spacial score (nSPS) is 28.1. The van der Waals surface area contributed by atoms with Crippen molar-refractivity contribution in [3.8, 4) is 0 Å². The van der Waals surface area contributed by atoms with Gasteiger partial charge in [-0.05, 0) is 30.7 Å². The maximum absolute atomic E-state index is 13.2. The lowest BCUT2D eigenvalue weighted by atomic mass is 9.85. The van der Waals surface area contributed by atoms with Gasteiger partial charge in [0.05, 0.1) is 0 Å². The molecule has 0 bridgehead atoms. The Hall–Kier alpha value is -2.37. The third-order valence-corrected chi connectivity index (χ3v) is 5.83. The molecule has 0 radical (unpaired) electrons. The van der Waals surface area contributed by atoms with E-state index in [9.17, 15) is 14.4 Å². The molecule has 1 heterocycles. The molecule has 1 aliphatic carbocycles. The minimum atomic E-state index is -1.08. The molecule has 1 saturated carbocycles. The Labute approximate surface area is 160 Å². The van der Waals surface area contributed by atoms with Crippen molar-refractivity contribution >= 4 is 17.8 Å². The molecule has 0 unspecified atom stereocenters. The molecule has 0 spiro atoms. The van der Waals surface area contributed by atoms with Crippen LogP contribution in [0.2, 0.25) is 0 Å². The highest BCUT2D eigenvalue weighted by molar-refractivity contribution is 6.09. The molecule has 6 heteroatoms. The summed E-state index contributed by atoms with van der Waals surface area (Å²) < 4.78 is 0. The highest BCUT2D eigenvalue weighted by Gasteiger charge is 2.52. The minimum Gasteiger partial charge on any atom is -0.352 e. The number of carbonyl (C=O) groups excluding carboxylic acids is 3. The molecule has 1 aliphatic heterocycles. The zero-order valence-electron chi connectivity index (χ0n) is 16.2. The van der Waals surface area contributed by atoms with Crippen LogP contribution in [0.15, 0.2) is 30.3 Å². The Kier molecular flexibility index (Phi) is 5.82. The molecule has 0 aromatic heterocycles. The molecule has 2 fully saturated rings. The number of nitrogens with zero attached hydrogens (tertiary/aromatic N) is 1. The molecule has 1 aromatic carbocycles. The second-order valence-corrected chi connectivity index (χ2v) is 7.78. The zero-order valence-corrected chi connectivity index (χ0v) is 16.2. The number of hydrogen-bond donors (Lipinski definition) is 2. The summed E-state index contributed by atoms with van der Waals surface area (Å²) in [5.74, 6) is -0.181. The monoisotopic (exact) mass is 371 g/mol. The van der Waals surface area contributed by atoms with Crippen molar-refractivity contribution in [3.05, 3.63) is 35.9 Å². The maximum Gasteiger partial charge on any atom is 0.325 e. The lowest BCUT2D eigenvalue weighted by Gasteiger charge is -2.30. The van der Waals surface area contributed by atoms with Gasteiger partial charge in [0.1, 0.15) is 12.1 Å². The van der Waals surface area contributed by atoms with E-state index in [0.29, 0.717) is 12.3 Å². The van der Waals surface area contributed by atoms with Gasteiger partial charge in [-0.3, -0.25) is 14.5 Å². The van der Waals surface area contributed by atoms with E-state index in [1.165, 1.54) is 6.42 Å². The fourth-order valence-electron chi connectivity index (χ4n) is 4.30. The van der Waals surface area contributed by atoms with Gasteiger partial charge in [0.15, 0.2) is 0 Å². The smallest absolute Gasteiger partial charge is 0.325 e. The molecule has 27 heavy (non-hydrogen) atoms. The average Bonchev–Trinajstić information content (AvgIpc) is 2.90. The van der Waals surface area contributed by atoms with Crippen LogP contribution in [0.3, 0.4) is 0 Å². The number of carbonyl (C=O) groups is 3. The first-order valence-corrected chi connectivity index (χ1v) is 9.97. The maximum atomic E-state index is 13.2. The van der Waals surface area contributed by atoms with Crippen LogP contribution in [0.25, 0.3) is 0 Å². The Morgan fingerprint density at radius 2 is 1.93 bits per heavy atom. The largest absolute Gasteiger partial charge is 0.352 e. The van der Waals surface area contributed by atoms with Crippen LogP contribution in [0.5, 0.6) is 0 Å². The number of imide groups is 1. The molecule has 3 rings (SSSR count). The summed E-state index contributed by atoms with van der Waals surface area (Å²) in [5, 5.41) is 5.88. The Balaban J connectivity index is 1.74. The molecule has 2 aliphatic rings. The summed E-state index contributed by atoms with van der Waals surface area (Å²) in [6.45, 7) is 3.88. The topological polar surface area (TPSA) is 78.5 Å². The number of hydrogen-bond acceptors (Lipinski definition) is 3. The van der Waals surface area contributed by atoms with Gasteiger partial charge < -0.3 is 10.6 Å². The van der Waals surface area contributed by atoms with E-state index in [1.54, 1.807) is 0 Å². The van der Waals surface area contributed by atoms with Crippen LogP contribution in [0, 0.1) is 5.92 Å². The van der Waals surface area contributed by atoms with Crippen LogP contribution in [-0.4, -0.2) is 35.3 Å². The van der Waals surface area contributed by atoms with Crippen LogP contribution >= 0.6 is 0 Å². The minimum absolute atomic E-state index is 0.126. The third-order valence-electron chi connectivity index (χ3n) is 5.83. The van der Waals surface area contributed by atoms with Gasteiger partial charge in [0.25, 0.3) is 5.91 Å². The predicted molar refractivity (Wildman–Crippen MR) is 103 cm³/mol. The van der Waals surface area contributed by atoms with E-state index in [1.807, 2.05) is 37.3 Å². The number of benzene rings is 1. The number of nitrogens with one attached hydrogen (secondary N) is 2. The van der Waals surface area contributed by atoms with E-state index in [-0.39, 0.29) is 24.4 Å². The first-order chi connectivity index (χ1) is 13.0. The molecule has 1 saturated heterocycles. The van der Waals surface area contributed by atoms with Crippen molar-refractivity contribution in [3.63, 3.8) is 0 Å². The SMILES string of the molecule is CCC[C@]1(c2ccccc2)NC(=O)N(CC(=O)N[C@H]2CCCC[C@H]2C)C1=O. The van der Waals surface area contributed by atoms with Crippen molar-refractivity contribution in [1.29, 1.82) is 0 Å². The fraction of sp³-hybridized carbons (Fsp3) is 0.571. The molecule has 146 valence electrons. The Morgan fingerprint density at radius 3 is 2.59 bits per heavy atom. The standard InChI is InChI=1S/C21H29N3O3/c1-3-13-21(16-10-5-4-6-11-16)19(26)24(20(27)23-21)14-18(25)22-17-12-8-7-9-15(17)2/h4-6,10-11,15,17H,3,7-9,12-14H2,1-2H3,(H,22,25)(H,23,27)/t15-,17+,21-/m1/s1. The second kappa shape index (κ2) is 8.11. The molecule has 3 atom stereocenters. The van der Waals surface area contributed by atoms with Gasteiger partial charge in [0.2, 0.25) is 5.91 Å². The summed E-state index contributed by atoms with van der Waals surface area (Å²) >= 11 is 0. The summed E-state index contributed by atoms with van der Waals surface area (Å²) in [6, 6.07) is 8.91. The predicted octanol–water partition coefficient (Wildman–Crippen LogP) is 2.93. The lowest BCUT2D eigenvalue weighted by molar-refractivity contribution is -0.135. The number of rotatable bonds is 6. The van der Waals surface area contributed by atoms with Gasteiger partial charge in [-0.15, -0.1) is 0 Å². The molecule has 4 amide bonds. The van der Waals surface area contributed by atoms with Crippen molar-refractivity contribution in [2.45, 2.75) is 64.0 Å². The van der Waals surface area contributed by atoms with Crippen molar-refractivity contribution in [2.75, 3.05) is 6.54 Å². The highest BCUT2D eigenvalue weighted by Crippen LogP contribution is 2.33. The van der Waals surface area contributed by atoms with Gasteiger partial charge in [-0.1, -0.05) is 63.4 Å². The van der Waals surface area contributed by atoms with Crippen molar-refractivity contribution < 1.29 is 14.4 Å². The summed E-state index contributed by atoms with van der Waals surface area (Å²) in [4.78, 5) is 39.3. The van der Waals surface area contributed by atoms with Gasteiger partial charge in [-0.25, -0.2) is 4.79 Å². The van der Waals surface area contributed by atoms with Crippen molar-refractivity contribution in [1.82, 2.24) is 15.5 Å². The average molecular weight is 371 g/mol. The third kappa shape index (κ3) is 3.84. The van der Waals surface area contributed by atoms with E-state index in [4.69, 9.17) is 0 Å². The fourth-order valence-corrected chi connectivity index (χ4v) is 4.30.